The number of hydrogen-bond donors (Lipinski definition) is 0. The van der Waals surface area contributed by atoms with Gasteiger partial charge in [-0.3, -0.25) is 0 Å². The van der Waals surface area contributed by atoms with Crippen molar-refractivity contribution in [3.63, 3.8) is 0 Å². The van der Waals surface area contributed by atoms with Crippen LogP contribution in [0.3, 0.4) is 0 Å². The normalized spacial score (nSPS) is 14.2. The van der Waals surface area contributed by atoms with E-state index in [-0.39, 0.29) is 5.87 Å². The van der Waals surface area contributed by atoms with Crippen molar-refractivity contribution in [3.8, 4) is 0 Å². The molecule has 0 bridgehead atoms. The first-order chi connectivity index (χ1) is 8.40. The third-order valence-corrected chi connectivity index (χ3v) is 35.5. The molecule has 0 aliphatic carbocycles. The van der Waals surface area contributed by atoms with Crippen molar-refractivity contribution in [2.45, 2.75) is 78.6 Å². The maximum atomic E-state index is 4.28. The standard InChI is InChI=1S/C14H36BrPSi4/c1-17(2,3)13(18(4,5)6)16(15)14(19(7,8)9)20(10,11)12/h1-12H3. The van der Waals surface area contributed by atoms with E-state index in [1.165, 1.54) is 0 Å². The van der Waals surface area contributed by atoms with Crippen LogP contribution >= 0.6 is 21.4 Å². The van der Waals surface area contributed by atoms with Gasteiger partial charge in [0.15, 0.2) is 0 Å². The molecule has 0 aromatic rings. The van der Waals surface area contributed by atoms with Gasteiger partial charge in [0.25, 0.3) is 0 Å². The molecule has 0 rings (SSSR count). The molecule has 0 saturated carbocycles. The molecule has 0 aliphatic rings. The summed E-state index contributed by atoms with van der Waals surface area (Å²) in [5, 5.41) is 0. The Morgan fingerprint density at radius 3 is 0.750 bits per heavy atom. The van der Waals surface area contributed by atoms with Crippen LogP contribution in [0.5, 0.6) is 0 Å². The molecule has 0 aromatic heterocycles. The predicted octanol–water partition coefficient (Wildman–Crippen LogP) is 6.63. The third-order valence-electron chi connectivity index (χ3n) is 3.23. The summed E-state index contributed by atoms with van der Waals surface area (Å²) in [5.74, 6) is -0.167. The van der Waals surface area contributed by atoms with E-state index in [1.54, 1.807) is 0 Å². The molecule has 6 heteroatoms. The maximum Gasteiger partial charge on any atom is 0.0736 e. The Balaban J connectivity index is 6.95. The molecule has 0 aromatic carbocycles. The average molecular weight is 428 g/mol. The number of rotatable bonds is 4. The van der Waals surface area contributed by atoms with E-state index in [0.29, 0.717) is 0 Å². The van der Waals surface area contributed by atoms with Crippen molar-refractivity contribution in [1.29, 1.82) is 0 Å². The van der Waals surface area contributed by atoms with Gasteiger partial charge >= 0.3 is 0 Å². The average Bonchev–Trinajstić information content (AvgIpc) is 1.88. The van der Waals surface area contributed by atoms with Crippen molar-refractivity contribution in [3.05, 3.63) is 0 Å². The second-order valence-electron chi connectivity index (χ2n) is 9.98. The highest BCUT2D eigenvalue weighted by Gasteiger charge is 2.37. The van der Waals surface area contributed by atoms with E-state index in [4.69, 9.17) is 0 Å². The molecule has 0 N–H and O–H groups in total. The van der Waals surface area contributed by atoms with Crippen molar-refractivity contribution in [1.82, 2.24) is 0 Å². The Hall–Kier alpha value is 1.39. The molecule has 0 radical (unpaired) electrons. The molecular weight excluding hydrogens is 391 g/mol. The van der Waals surface area contributed by atoms with Crippen LogP contribution in [-0.2, 0) is 0 Å². The molecule has 0 saturated heterocycles. The smallest absolute Gasteiger partial charge is 0.0724 e. The quantitative estimate of drug-likeness (QED) is 0.349. The van der Waals surface area contributed by atoms with E-state index in [9.17, 15) is 0 Å². The van der Waals surface area contributed by atoms with Crippen molar-refractivity contribution < 1.29 is 0 Å². The first-order valence-electron chi connectivity index (χ1n) is 7.62. The van der Waals surface area contributed by atoms with Gasteiger partial charge in [0.1, 0.15) is 0 Å². The lowest BCUT2D eigenvalue weighted by molar-refractivity contribution is 1.79. The Bertz CT molecular complexity index is 376. The first kappa shape index (κ1) is 21.4. The zero-order valence-corrected chi connectivity index (χ0v) is 22.3. The predicted molar refractivity (Wildman–Crippen MR) is 119 cm³/mol. The summed E-state index contributed by atoms with van der Waals surface area (Å²) in [7, 11) is -4.89. The second kappa shape index (κ2) is 6.48. The number of hydrogen-bond acceptors (Lipinski definition) is 0. The highest BCUT2D eigenvalue weighted by Crippen LogP contribution is 2.38. The van der Waals surface area contributed by atoms with E-state index in [2.05, 4.69) is 94.1 Å². The summed E-state index contributed by atoms with van der Waals surface area (Å²) in [6, 6.07) is 0. The molecule has 0 unspecified atom stereocenters. The van der Waals surface area contributed by atoms with Crippen LogP contribution in [0.15, 0.2) is 0 Å². The summed E-state index contributed by atoms with van der Waals surface area (Å²) < 4.78 is 4.00. The molecular formula is C14H36BrPSi4. The van der Waals surface area contributed by atoms with E-state index in [1.807, 2.05) is 9.08 Å². The Morgan fingerprint density at radius 1 is 0.500 bits per heavy atom. The van der Waals surface area contributed by atoms with Gasteiger partial charge in [-0.25, -0.2) is 0 Å². The van der Waals surface area contributed by atoms with Crippen LogP contribution in [0.1, 0.15) is 0 Å². The van der Waals surface area contributed by atoms with Crippen molar-refractivity contribution in [2.24, 2.45) is 0 Å². The molecule has 0 nitrogen and oxygen atoms in total. The van der Waals surface area contributed by atoms with Gasteiger partial charge in [-0.2, -0.15) is 0 Å². The fraction of sp³-hybridized carbons (Fsp3) is 0.857. The zero-order valence-electron chi connectivity index (χ0n) is 15.8. The summed E-state index contributed by atoms with van der Waals surface area (Å²) >= 11 is 4.28. The molecule has 0 amide bonds. The van der Waals surface area contributed by atoms with Gasteiger partial charge in [-0.1, -0.05) is 93.5 Å². The lowest BCUT2D eigenvalue weighted by Gasteiger charge is -2.36. The zero-order chi connectivity index (χ0) is 16.7. The lowest BCUT2D eigenvalue weighted by atomic mass is 11.7. The maximum absolute atomic E-state index is 4.28. The fourth-order valence-corrected chi connectivity index (χ4v) is 53.0. The largest absolute Gasteiger partial charge is 0.0736 e. The summed E-state index contributed by atoms with van der Waals surface area (Å²) in [5.41, 5.74) is 0. The van der Waals surface area contributed by atoms with Gasteiger partial charge in [-0.15, -0.1) is 0 Å². The highest BCUT2D eigenvalue weighted by atomic mass is 79.9. The van der Waals surface area contributed by atoms with Crippen LogP contribution in [0.4, 0.5) is 0 Å². The summed E-state index contributed by atoms with van der Waals surface area (Å²) in [4.78, 5) is 0. The Labute approximate surface area is 141 Å². The monoisotopic (exact) mass is 426 g/mol. The fourth-order valence-electron chi connectivity index (χ4n) is 3.54. The van der Waals surface area contributed by atoms with Crippen LogP contribution in [0.2, 0.25) is 78.6 Å². The van der Waals surface area contributed by atoms with E-state index < -0.39 is 32.3 Å². The third kappa shape index (κ3) is 5.88. The molecule has 0 spiro atoms. The Kier molecular flexibility index (Phi) is 6.93. The summed E-state index contributed by atoms with van der Waals surface area (Å²) in [6.45, 7) is 30.7. The lowest BCUT2D eigenvalue weighted by Crippen LogP contribution is -2.52. The van der Waals surface area contributed by atoms with E-state index >= 15 is 0 Å². The molecule has 20 heavy (non-hydrogen) atoms. The minimum absolute atomic E-state index is 0.167. The van der Waals surface area contributed by atoms with Gasteiger partial charge in [0.05, 0.1) is 32.3 Å². The van der Waals surface area contributed by atoms with Crippen LogP contribution < -0.4 is 0 Å². The second-order valence-corrected chi connectivity index (χ2v) is 36.2. The minimum Gasteiger partial charge on any atom is -0.0724 e. The topological polar surface area (TPSA) is 0 Å². The van der Waals surface area contributed by atoms with Crippen LogP contribution in [0.25, 0.3) is 0 Å². The van der Waals surface area contributed by atoms with Gasteiger partial charge in [0.2, 0.25) is 0 Å². The SMILES string of the molecule is C[Si](C)(C)C(=P(Br)=C([Si](C)(C)C)[Si](C)(C)C)[Si](C)(C)C. The molecule has 0 aliphatic heterocycles. The van der Waals surface area contributed by atoms with Crippen molar-refractivity contribution >= 4 is 62.7 Å². The molecule has 0 heterocycles. The molecule has 0 atom stereocenters. The van der Waals surface area contributed by atoms with Gasteiger partial charge in [-0.05, 0) is 15.5 Å². The van der Waals surface area contributed by atoms with Gasteiger partial charge < -0.3 is 0 Å². The van der Waals surface area contributed by atoms with Crippen molar-refractivity contribution in [2.75, 3.05) is 0 Å². The van der Waals surface area contributed by atoms with Crippen LogP contribution in [-0.4, -0.2) is 41.4 Å². The number of halogens is 1. The minimum atomic E-state index is -1.22. The highest BCUT2D eigenvalue weighted by molar-refractivity contribution is 9.38. The van der Waals surface area contributed by atoms with Crippen LogP contribution in [0, 0.1) is 0 Å². The van der Waals surface area contributed by atoms with Gasteiger partial charge in [0, 0.05) is 0 Å². The Morgan fingerprint density at radius 2 is 0.650 bits per heavy atom. The molecule has 0 fully saturated rings. The molecule has 120 valence electrons. The first-order valence-corrected chi connectivity index (χ1v) is 25.0. The van der Waals surface area contributed by atoms with E-state index in [0.717, 1.165) is 0 Å². The summed E-state index contributed by atoms with van der Waals surface area (Å²) in [6.07, 6.45) is 0.